The zero-order valence-corrected chi connectivity index (χ0v) is 16.2. The fraction of sp³-hybridized carbons (Fsp3) is 0.375. The van der Waals surface area contributed by atoms with E-state index in [1.54, 1.807) is 6.07 Å². The van der Waals surface area contributed by atoms with Crippen molar-refractivity contribution in [3.05, 3.63) is 32.9 Å². The highest BCUT2D eigenvalue weighted by Crippen LogP contribution is 2.40. The minimum absolute atomic E-state index is 0.118. The molecule has 1 fully saturated rings. The summed E-state index contributed by atoms with van der Waals surface area (Å²) in [6, 6.07) is 3.10. The molecule has 146 valence electrons. The van der Waals surface area contributed by atoms with Gasteiger partial charge in [0.2, 0.25) is 5.91 Å². The predicted molar refractivity (Wildman–Crippen MR) is 101 cm³/mol. The standard InChI is InChI=1S/C16H16Cl3N3O5/c1-6(24)21-20-4-8-7-2-9(17)10(18)3-11(7)22(15(8)19)16-14(26)13(25)12(5-23)27-16/h2-4,12-14,16,23,25-26H,5H2,1H3,(H,21,24)/b20-4+/t12-,13-,14-,16-/m1/s1. The molecule has 1 aromatic heterocycles. The summed E-state index contributed by atoms with van der Waals surface area (Å²) in [4.78, 5) is 11.0. The van der Waals surface area contributed by atoms with Crippen molar-refractivity contribution in [2.75, 3.05) is 6.61 Å². The van der Waals surface area contributed by atoms with Crippen LogP contribution in [0.5, 0.6) is 0 Å². The van der Waals surface area contributed by atoms with E-state index in [2.05, 4.69) is 10.5 Å². The molecule has 2 aromatic rings. The van der Waals surface area contributed by atoms with Crippen LogP contribution in [-0.4, -0.2) is 56.9 Å². The molecule has 1 saturated heterocycles. The molecule has 0 bridgehead atoms. The van der Waals surface area contributed by atoms with E-state index < -0.39 is 31.1 Å². The Morgan fingerprint density at radius 2 is 1.96 bits per heavy atom. The molecule has 11 heteroatoms. The number of carbonyl (C=O) groups is 1. The van der Waals surface area contributed by atoms with Crippen molar-refractivity contribution in [1.29, 1.82) is 0 Å². The number of hydrogen-bond donors (Lipinski definition) is 4. The van der Waals surface area contributed by atoms with E-state index in [0.29, 0.717) is 16.5 Å². The molecule has 1 aliphatic rings. The number of carbonyl (C=O) groups excluding carboxylic acids is 1. The van der Waals surface area contributed by atoms with Crippen LogP contribution in [0.2, 0.25) is 15.2 Å². The number of fused-ring (bicyclic) bond motifs is 1. The molecule has 1 aromatic carbocycles. The van der Waals surface area contributed by atoms with E-state index >= 15 is 0 Å². The third-order valence-electron chi connectivity index (χ3n) is 4.21. The van der Waals surface area contributed by atoms with Gasteiger partial charge in [-0.15, -0.1) is 0 Å². The number of hydrazone groups is 1. The second-order valence-electron chi connectivity index (χ2n) is 6.01. The minimum atomic E-state index is -1.34. The van der Waals surface area contributed by atoms with Crippen LogP contribution in [-0.2, 0) is 9.53 Å². The van der Waals surface area contributed by atoms with Crippen molar-refractivity contribution in [2.45, 2.75) is 31.5 Å². The Hall–Kier alpha value is -1.39. The molecule has 1 aliphatic heterocycles. The van der Waals surface area contributed by atoms with Gasteiger partial charge >= 0.3 is 0 Å². The lowest BCUT2D eigenvalue weighted by atomic mass is 10.1. The van der Waals surface area contributed by atoms with Crippen molar-refractivity contribution in [3.8, 4) is 0 Å². The van der Waals surface area contributed by atoms with Gasteiger partial charge in [-0.3, -0.25) is 4.79 Å². The van der Waals surface area contributed by atoms with Crippen molar-refractivity contribution in [3.63, 3.8) is 0 Å². The second kappa shape index (κ2) is 7.92. The van der Waals surface area contributed by atoms with Crippen molar-refractivity contribution in [1.82, 2.24) is 9.99 Å². The van der Waals surface area contributed by atoms with Crippen molar-refractivity contribution < 1.29 is 24.9 Å². The number of nitrogens with one attached hydrogen (secondary N) is 1. The van der Waals surface area contributed by atoms with Crippen LogP contribution in [0.25, 0.3) is 10.9 Å². The Kier molecular flexibility index (Phi) is 5.97. The number of aliphatic hydroxyl groups excluding tert-OH is 3. The number of nitrogens with zero attached hydrogens (tertiary/aromatic N) is 2. The van der Waals surface area contributed by atoms with E-state index in [-0.39, 0.29) is 21.1 Å². The third-order valence-corrected chi connectivity index (χ3v) is 5.32. The average Bonchev–Trinajstić information content (AvgIpc) is 3.03. The van der Waals surface area contributed by atoms with Gasteiger partial charge in [0, 0.05) is 17.9 Å². The van der Waals surface area contributed by atoms with E-state index in [9.17, 15) is 20.1 Å². The number of aromatic nitrogens is 1. The number of hydrogen-bond acceptors (Lipinski definition) is 6. The van der Waals surface area contributed by atoms with Crippen LogP contribution in [0, 0.1) is 0 Å². The maximum Gasteiger partial charge on any atom is 0.236 e. The normalized spacial score (nSPS) is 25.6. The number of benzene rings is 1. The molecule has 0 saturated carbocycles. The van der Waals surface area contributed by atoms with Crippen molar-refractivity contribution in [2.24, 2.45) is 5.10 Å². The summed E-state index contributed by atoms with van der Waals surface area (Å²) >= 11 is 18.7. The number of aliphatic hydroxyl groups is 3. The smallest absolute Gasteiger partial charge is 0.236 e. The number of amides is 1. The molecule has 0 spiro atoms. The molecule has 3 rings (SSSR count). The van der Waals surface area contributed by atoms with Gasteiger partial charge in [-0.25, -0.2) is 5.43 Å². The molecule has 0 radical (unpaired) electrons. The summed E-state index contributed by atoms with van der Waals surface area (Å²) < 4.78 is 7.00. The van der Waals surface area contributed by atoms with E-state index in [4.69, 9.17) is 39.5 Å². The summed E-state index contributed by atoms with van der Waals surface area (Å²) in [5.41, 5.74) is 3.14. The molecule has 4 atom stereocenters. The molecular formula is C16H16Cl3N3O5. The van der Waals surface area contributed by atoms with Gasteiger partial charge in [0.25, 0.3) is 0 Å². The molecule has 1 amide bonds. The highest BCUT2D eigenvalue weighted by molar-refractivity contribution is 6.43. The van der Waals surface area contributed by atoms with Crippen molar-refractivity contribution >= 4 is 57.8 Å². The Bertz CT molecular complexity index is 917. The molecule has 4 N–H and O–H groups in total. The highest BCUT2D eigenvalue weighted by atomic mass is 35.5. The maximum absolute atomic E-state index is 11.0. The number of ether oxygens (including phenoxy) is 1. The van der Waals surface area contributed by atoms with Gasteiger partial charge in [0.1, 0.15) is 23.5 Å². The quantitative estimate of drug-likeness (QED) is 0.430. The molecule has 0 aliphatic carbocycles. The lowest BCUT2D eigenvalue weighted by Gasteiger charge is -2.19. The lowest BCUT2D eigenvalue weighted by molar-refractivity contribution is -0.118. The van der Waals surface area contributed by atoms with Gasteiger partial charge in [-0.1, -0.05) is 34.8 Å². The molecule has 2 heterocycles. The first-order valence-corrected chi connectivity index (χ1v) is 9.00. The first-order valence-electron chi connectivity index (χ1n) is 7.86. The Morgan fingerprint density at radius 3 is 2.56 bits per heavy atom. The predicted octanol–water partition coefficient (Wildman–Crippen LogP) is 1.68. The van der Waals surface area contributed by atoms with E-state index in [0.717, 1.165) is 0 Å². The lowest BCUT2D eigenvalue weighted by Crippen LogP contribution is -2.33. The van der Waals surface area contributed by atoms with Crippen LogP contribution < -0.4 is 5.43 Å². The Morgan fingerprint density at radius 1 is 1.30 bits per heavy atom. The minimum Gasteiger partial charge on any atom is -0.394 e. The Labute approximate surface area is 168 Å². The first-order chi connectivity index (χ1) is 12.8. The number of halogens is 3. The topological polar surface area (TPSA) is 116 Å². The van der Waals surface area contributed by atoms with E-state index in [1.807, 2.05) is 0 Å². The molecule has 8 nitrogen and oxygen atoms in total. The average molecular weight is 437 g/mol. The summed E-state index contributed by atoms with van der Waals surface area (Å²) in [5.74, 6) is -0.365. The summed E-state index contributed by atoms with van der Waals surface area (Å²) in [7, 11) is 0. The summed E-state index contributed by atoms with van der Waals surface area (Å²) in [5, 5.41) is 34.7. The summed E-state index contributed by atoms with van der Waals surface area (Å²) in [6.45, 7) is 0.826. The Balaban J connectivity index is 2.18. The second-order valence-corrected chi connectivity index (χ2v) is 7.19. The van der Waals surface area contributed by atoms with E-state index in [1.165, 1.54) is 23.8 Å². The fourth-order valence-electron chi connectivity index (χ4n) is 2.95. The maximum atomic E-state index is 11.0. The first kappa shape index (κ1) is 20.3. The highest BCUT2D eigenvalue weighted by Gasteiger charge is 2.44. The van der Waals surface area contributed by atoms with Crippen LogP contribution in [0.4, 0.5) is 0 Å². The summed E-state index contributed by atoms with van der Waals surface area (Å²) in [6.07, 6.45) is -3.36. The van der Waals surface area contributed by atoms with Gasteiger partial charge in [-0.2, -0.15) is 5.10 Å². The van der Waals surface area contributed by atoms with Gasteiger partial charge < -0.3 is 24.6 Å². The molecular weight excluding hydrogens is 421 g/mol. The van der Waals surface area contributed by atoms with Crippen LogP contribution in [0.1, 0.15) is 18.7 Å². The van der Waals surface area contributed by atoms with Crippen LogP contribution >= 0.6 is 34.8 Å². The van der Waals surface area contributed by atoms with Crippen LogP contribution in [0.3, 0.4) is 0 Å². The zero-order chi connectivity index (χ0) is 19.9. The van der Waals surface area contributed by atoms with Gasteiger partial charge in [-0.05, 0) is 12.1 Å². The largest absolute Gasteiger partial charge is 0.394 e. The SMILES string of the molecule is CC(=O)N/N=C/c1c(Cl)n([C@@H]2O[C@H](CO)[C@@H](O)[C@H]2O)c2cc(Cl)c(Cl)cc12. The monoisotopic (exact) mass is 435 g/mol. The fourth-order valence-corrected chi connectivity index (χ4v) is 3.61. The third kappa shape index (κ3) is 3.66. The van der Waals surface area contributed by atoms with Gasteiger partial charge in [0.15, 0.2) is 6.23 Å². The molecule has 27 heavy (non-hydrogen) atoms. The zero-order valence-electron chi connectivity index (χ0n) is 13.9. The number of rotatable bonds is 4. The van der Waals surface area contributed by atoms with Gasteiger partial charge in [0.05, 0.1) is 28.4 Å². The molecule has 0 unspecified atom stereocenters. The van der Waals surface area contributed by atoms with Crippen LogP contribution in [0.15, 0.2) is 17.2 Å².